The van der Waals surface area contributed by atoms with Crippen molar-refractivity contribution in [2.45, 2.75) is 52.7 Å². The molecular weight excluding hydrogens is 226 g/mol. The van der Waals surface area contributed by atoms with E-state index in [2.05, 4.69) is 6.92 Å². The van der Waals surface area contributed by atoms with Gasteiger partial charge in [-0.1, -0.05) is 18.2 Å². The van der Waals surface area contributed by atoms with Crippen molar-refractivity contribution in [3.05, 3.63) is 34.9 Å². The van der Waals surface area contributed by atoms with Gasteiger partial charge in [-0.05, 0) is 51.3 Å². The lowest BCUT2D eigenvalue weighted by atomic mass is 9.99. The number of carbonyl (C=O) groups is 1. The number of hydrogen-bond donors (Lipinski definition) is 1. The van der Waals surface area contributed by atoms with Gasteiger partial charge in [0.15, 0.2) is 0 Å². The molecule has 3 heteroatoms. The lowest BCUT2D eigenvalue weighted by Crippen LogP contribution is -2.26. The maximum Gasteiger partial charge on any atom is 0.308 e. The van der Waals surface area contributed by atoms with Crippen molar-refractivity contribution < 1.29 is 9.53 Å². The number of esters is 1. The maximum atomic E-state index is 11.7. The van der Waals surface area contributed by atoms with E-state index in [-0.39, 0.29) is 18.4 Å². The molecule has 1 aromatic carbocycles. The fraction of sp³-hybridized carbons (Fsp3) is 0.533. The smallest absolute Gasteiger partial charge is 0.308 e. The Kier molecular flexibility index (Phi) is 4.52. The van der Waals surface area contributed by atoms with Gasteiger partial charge in [0, 0.05) is 6.04 Å². The minimum absolute atomic E-state index is 0.208. The first kappa shape index (κ1) is 14.7. The van der Waals surface area contributed by atoms with E-state index in [0.717, 1.165) is 5.56 Å². The van der Waals surface area contributed by atoms with E-state index in [0.29, 0.717) is 0 Å². The van der Waals surface area contributed by atoms with Gasteiger partial charge in [-0.15, -0.1) is 0 Å². The number of carbonyl (C=O) groups excluding carboxylic acids is 1. The minimum atomic E-state index is -0.458. The highest BCUT2D eigenvalue weighted by Crippen LogP contribution is 2.19. The largest absolute Gasteiger partial charge is 0.460 e. The van der Waals surface area contributed by atoms with Crippen LogP contribution in [-0.4, -0.2) is 11.6 Å². The van der Waals surface area contributed by atoms with Crippen LogP contribution in [0, 0.1) is 13.8 Å². The maximum absolute atomic E-state index is 11.7. The molecule has 1 atom stereocenters. The summed E-state index contributed by atoms with van der Waals surface area (Å²) in [5.41, 5.74) is 8.96. The molecular formula is C15H23NO2. The Morgan fingerprint density at radius 1 is 1.28 bits per heavy atom. The molecule has 100 valence electrons. The topological polar surface area (TPSA) is 52.3 Å². The van der Waals surface area contributed by atoms with Gasteiger partial charge in [0.05, 0.1) is 6.42 Å². The van der Waals surface area contributed by atoms with Crippen LogP contribution in [0.2, 0.25) is 0 Å². The number of nitrogens with two attached hydrogens (primary N) is 1. The summed E-state index contributed by atoms with van der Waals surface area (Å²) in [5.74, 6) is -0.256. The van der Waals surface area contributed by atoms with E-state index in [4.69, 9.17) is 10.5 Å². The molecule has 0 fully saturated rings. The van der Waals surface area contributed by atoms with E-state index in [9.17, 15) is 4.79 Å². The second-order valence-electron chi connectivity index (χ2n) is 5.74. The van der Waals surface area contributed by atoms with Crippen molar-refractivity contribution in [2.24, 2.45) is 5.73 Å². The SMILES string of the molecule is Cc1ccc(C(N)CC(=O)OC(C)(C)C)cc1C. The molecule has 0 amide bonds. The van der Waals surface area contributed by atoms with Gasteiger partial charge in [-0.3, -0.25) is 4.79 Å². The summed E-state index contributed by atoms with van der Waals surface area (Å²) in [6.45, 7) is 9.66. The van der Waals surface area contributed by atoms with Crippen LogP contribution in [-0.2, 0) is 9.53 Å². The van der Waals surface area contributed by atoms with Crippen molar-refractivity contribution in [1.82, 2.24) is 0 Å². The van der Waals surface area contributed by atoms with Crippen LogP contribution in [0.4, 0.5) is 0 Å². The highest BCUT2D eigenvalue weighted by molar-refractivity contribution is 5.71. The second kappa shape index (κ2) is 5.53. The van der Waals surface area contributed by atoms with Crippen LogP contribution in [0.15, 0.2) is 18.2 Å². The van der Waals surface area contributed by atoms with E-state index in [1.165, 1.54) is 11.1 Å². The summed E-state index contributed by atoms with van der Waals surface area (Å²) in [6.07, 6.45) is 0.208. The highest BCUT2D eigenvalue weighted by atomic mass is 16.6. The fourth-order valence-corrected chi connectivity index (χ4v) is 1.68. The Hall–Kier alpha value is -1.35. The minimum Gasteiger partial charge on any atom is -0.460 e. The summed E-state index contributed by atoms with van der Waals surface area (Å²) < 4.78 is 5.26. The molecule has 0 aromatic heterocycles. The van der Waals surface area contributed by atoms with Crippen LogP contribution in [0.5, 0.6) is 0 Å². The summed E-state index contributed by atoms with van der Waals surface area (Å²) in [7, 11) is 0. The van der Waals surface area contributed by atoms with Gasteiger partial charge in [-0.25, -0.2) is 0 Å². The molecule has 2 N–H and O–H groups in total. The standard InChI is InChI=1S/C15H23NO2/c1-10-6-7-12(8-11(10)2)13(16)9-14(17)18-15(3,4)5/h6-8,13H,9,16H2,1-5H3. The molecule has 3 nitrogen and oxygen atoms in total. The van der Waals surface area contributed by atoms with Crippen LogP contribution in [0.25, 0.3) is 0 Å². The van der Waals surface area contributed by atoms with Crippen LogP contribution >= 0.6 is 0 Å². The predicted molar refractivity (Wildman–Crippen MR) is 73.3 cm³/mol. The molecule has 0 heterocycles. The monoisotopic (exact) mass is 249 g/mol. The molecule has 1 aromatic rings. The second-order valence-corrected chi connectivity index (χ2v) is 5.74. The number of hydrogen-bond acceptors (Lipinski definition) is 3. The molecule has 0 aliphatic carbocycles. The van der Waals surface area contributed by atoms with Crippen molar-refractivity contribution in [3.8, 4) is 0 Å². The third kappa shape index (κ3) is 4.49. The Balaban J connectivity index is 2.68. The molecule has 0 aliphatic rings. The van der Waals surface area contributed by atoms with Crippen LogP contribution in [0.3, 0.4) is 0 Å². The van der Waals surface area contributed by atoms with E-state index in [1.54, 1.807) is 0 Å². The van der Waals surface area contributed by atoms with E-state index >= 15 is 0 Å². The van der Waals surface area contributed by atoms with Crippen LogP contribution in [0.1, 0.15) is 49.9 Å². The van der Waals surface area contributed by atoms with Gasteiger partial charge >= 0.3 is 5.97 Å². The molecule has 0 saturated heterocycles. The Morgan fingerprint density at radius 3 is 2.39 bits per heavy atom. The van der Waals surface area contributed by atoms with Gasteiger partial charge in [0.1, 0.15) is 5.60 Å². The van der Waals surface area contributed by atoms with Gasteiger partial charge < -0.3 is 10.5 Å². The fourth-order valence-electron chi connectivity index (χ4n) is 1.68. The molecule has 1 rings (SSSR count). The number of benzene rings is 1. The number of aryl methyl sites for hydroxylation is 2. The van der Waals surface area contributed by atoms with E-state index < -0.39 is 5.60 Å². The quantitative estimate of drug-likeness (QED) is 0.838. The number of ether oxygens (including phenoxy) is 1. The average Bonchev–Trinajstić information content (AvgIpc) is 2.18. The molecule has 1 unspecified atom stereocenters. The zero-order chi connectivity index (χ0) is 13.9. The lowest BCUT2D eigenvalue weighted by molar-refractivity contribution is -0.155. The first-order valence-electron chi connectivity index (χ1n) is 6.23. The molecule has 0 radical (unpaired) electrons. The Bertz CT molecular complexity index is 433. The van der Waals surface area contributed by atoms with Gasteiger partial charge in [-0.2, -0.15) is 0 Å². The average molecular weight is 249 g/mol. The third-order valence-electron chi connectivity index (χ3n) is 2.77. The summed E-state index contributed by atoms with van der Waals surface area (Å²) >= 11 is 0. The highest BCUT2D eigenvalue weighted by Gasteiger charge is 2.19. The Morgan fingerprint density at radius 2 is 1.89 bits per heavy atom. The van der Waals surface area contributed by atoms with Gasteiger partial charge in [0.2, 0.25) is 0 Å². The first-order valence-corrected chi connectivity index (χ1v) is 6.23. The van der Waals surface area contributed by atoms with Crippen molar-refractivity contribution >= 4 is 5.97 Å². The van der Waals surface area contributed by atoms with Crippen molar-refractivity contribution in [3.63, 3.8) is 0 Å². The van der Waals surface area contributed by atoms with Crippen LogP contribution < -0.4 is 5.73 Å². The van der Waals surface area contributed by atoms with Crippen molar-refractivity contribution in [2.75, 3.05) is 0 Å². The predicted octanol–water partition coefficient (Wildman–Crippen LogP) is 3.04. The molecule has 0 spiro atoms. The lowest BCUT2D eigenvalue weighted by Gasteiger charge is -2.21. The third-order valence-corrected chi connectivity index (χ3v) is 2.77. The van der Waals surface area contributed by atoms with Gasteiger partial charge in [0.25, 0.3) is 0 Å². The normalized spacial score (nSPS) is 13.2. The molecule has 0 bridgehead atoms. The van der Waals surface area contributed by atoms with Crippen molar-refractivity contribution in [1.29, 1.82) is 0 Å². The van der Waals surface area contributed by atoms with E-state index in [1.807, 2.05) is 45.9 Å². The first-order chi connectivity index (χ1) is 8.19. The zero-order valence-electron chi connectivity index (χ0n) is 11.9. The molecule has 0 aliphatic heterocycles. The summed E-state index contributed by atoms with van der Waals surface area (Å²) in [6, 6.07) is 5.72. The zero-order valence-corrected chi connectivity index (χ0v) is 11.9. The Labute approximate surface area is 109 Å². The summed E-state index contributed by atoms with van der Waals surface area (Å²) in [5, 5.41) is 0. The number of rotatable bonds is 3. The molecule has 0 saturated carbocycles. The molecule has 18 heavy (non-hydrogen) atoms. The summed E-state index contributed by atoms with van der Waals surface area (Å²) in [4.78, 5) is 11.7.